The molecule has 1 fully saturated rings. The van der Waals surface area contributed by atoms with Crippen LogP contribution in [0.1, 0.15) is 23.8 Å². The highest BCUT2D eigenvalue weighted by Gasteiger charge is 2.25. The van der Waals surface area contributed by atoms with E-state index >= 15 is 0 Å². The summed E-state index contributed by atoms with van der Waals surface area (Å²) in [7, 11) is 0. The first kappa shape index (κ1) is 10.9. The van der Waals surface area contributed by atoms with E-state index < -0.39 is 0 Å². The Balaban J connectivity index is 1.96. The largest absolute Gasteiger partial charge is 0.376 e. The number of nitrogens with one attached hydrogen (secondary N) is 2. The molecule has 1 aliphatic rings. The number of alkyl halides is 1. The van der Waals surface area contributed by atoms with Gasteiger partial charge in [0.25, 0.3) is 0 Å². The fourth-order valence-corrected chi connectivity index (χ4v) is 2.60. The van der Waals surface area contributed by atoms with Crippen LogP contribution < -0.4 is 5.69 Å². The predicted octanol–water partition coefficient (Wildman–Crippen LogP) is 2.32. The molecule has 0 saturated carbocycles. The van der Waals surface area contributed by atoms with Crippen molar-refractivity contribution in [3.8, 4) is 0 Å². The molecule has 17 heavy (non-hydrogen) atoms. The Kier molecular flexibility index (Phi) is 2.68. The number of aromatic amines is 2. The van der Waals surface area contributed by atoms with Gasteiger partial charge in [-0.15, -0.1) is 11.6 Å². The minimum atomic E-state index is -0.194. The van der Waals surface area contributed by atoms with Crippen molar-refractivity contribution in [2.24, 2.45) is 0 Å². The SMILES string of the molecule is O=c1[nH]c2ccc(C(Cl)C3CCCO3)cc2[nH]1. The van der Waals surface area contributed by atoms with Crippen LogP contribution in [0, 0.1) is 0 Å². The van der Waals surface area contributed by atoms with E-state index in [1.165, 1.54) is 0 Å². The van der Waals surface area contributed by atoms with Gasteiger partial charge < -0.3 is 14.7 Å². The lowest BCUT2D eigenvalue weighted by atomic mass is 10.0. The third kappa shape index (κ3) is 1.98. The van der Waals surface area contributed by atoms with Gasteiger partial charge in [-0.2, -0.15) is 0 Å². The molecule has 1 aromatic carbocycles. The lowest BCUT2D eigenvalue weighted by Gasteiger charge is -2.16. The van der Waals surface area contributed by atoms with E-state index in [2.05, 4.69) is 9.97 Å². The summed E-state index contributed by atoms with van der Waals surface area (Å²) >= 11 is 6.39. The van der Waals surface area contributed by atoms with E-state index in [4.69, 9.17) is 16.3 Å². The van der Waals surface area contributed by atoms with Gasteiger partial charge in [0.05, 0.1) is 22.5 Å². The summed E-state index contributed by atoms with van der Waals surface area (Å²) in [5.41, 5.74) is 2.38. The van der Waals surface area contributed by atoms with Gasteiger partial charge in [0.2, 0.25) is 0 Å². The zero-order chi connectivity index (χ0) is 11.8. The molecule has 0 amide bonds. The molecule has 1 aliphatic heterocycles. The monoisotopic (exact) mass is 252 g/mol. The molecule has 1 aromatic heterocycles. The number of benzene rings is 1. The number of hydrogen-bond acceptors (Lipinski definition) is 2. The molecular formula is C12H13ClN2O2. The standard InChI is InChI=1S/C12H13ClN2O2/c13-11(10-2-1-5-17-10)7-3-4-8-9(6-7)15-12(16)14-8/h3-4,6,10-11H,1-2,5H2,(H2,14,15,16). The van der Waals surface area contributed by atoms with Crippen LogP contribution in [0.3, 0.4) is 0 Å². The fourth-order valence-electron chi connectivity index (χ4n) is 2.27. The highest BCUT2D eigenvalue weighted by atomic mass is 35.5. The molecule has 0 bridgehead atoms. The molecule has 2 heterocycles. The second-order valence-corrected chi connectivity index (χ2v) is 4.81. The van der Waals surface area contributed by atoms with Crippen molar-refractivity contribution in [3.63, 3.8) is 0 Å². The summed E-state index contributed by atoms with van der Waals surface area (Å²) in [6, 6.07) is 5.71. The summed E-state index contributed by atoms with van der Waals surface area (Å²) in [6.45, 7) is 0.789. The molecule has 0 radical (unpaired) electrons. The van der Waals surface area contributed by atoms with Crippen molar-refractivity contribution in [2.75, 3.05) is 6.61 Å². The first-order chi connectivity index (χ1) is 8.24. The summed E-state index contributed by atoms with van der Waals surface area (Å²) in [6.07, 6.45) is 2.15. The number of H-pyrrole nitrogens is 2. The smallest absolute Gasteiger partial charge is 0.323 e. The first-order valence-corrected chi connectivity index (χ1v) is 6.15. The number of ether oxygens (including phenoxy) is 1. The van der Waals surface area contributed by atoms with Crippen molar-refractivity contribution in [3.05, 3.63) is 34.2 Å². The lowest BCUT2D eigenvalue weighted by Crippen LogP contribution is -2.12. The van der Waals surface area contributed by atoms with E-state index in [9.17, 15) is 4.79 Å². The average Bonchev–Trinajstić information content (AvgIpc) is 2.94. The fraction of sp³-hybridized carbons (Fsp3) is 0.417. The van der Waals surface area contributed by atoms with Gasteiger partial charge in [0.1, 0.15) is 0 Å². The molecule has 0 spiro atoms. The van der Waals surface area contributed by atoms with E-state index in [0.29, 0.717) is 0 Å². The van der Waals surface area contributed by atoms with Gasteiger partial charge in [-0.05, 0) is 30.5 Å². The zero-order valence-electron chi connectivity index (χ0n) is 9.20. The van der Waals surface area contributed by atoms with Crippen molar-refractivity contribution < 1.29 is 4.74 Å². The maximum atomic E-state index is 11.2. The highest BCUT2D eigenvalue weighted by molar-refractivity contribution is 6.21. The second kappa shape index (κ2) is 4.20. The summed E-state index contributed by atoms with van der Waals surface area (Å²) in [5.74, 6) is 0. The van der Waals surface area contributed by atoms with E-state index in [1.54, 1.807) is 0 Å². The van der Waals surface area contributed by atoms with Crippen LogP contribution in [-0.2, 0) is 4.74 Å². The Morgan fingerprint density at radius 1 is 1.35 bits per heavy atom. The van der Waals surface area contributed by atoms with Gasteiger partial charge in [-0.25, -0.2) is 4.79 Å². The van der Waals surface area contributed by atoms with E-state index in [-0.39, 0.29) is 17.2 Å². The summed E-state index contributed by atoms with van der Waals surface area (Å²) in [5, 5.41) is -0.152. The summed E-state index contributed by atoms with van der Waals surface area (Å²) in [4.78, 5) is 16.6. The van der Waals surface area contributed by atoms with Crippen LogP contribution in [0.15, 0.2) is 23.0 Å². The molecule has 2 atom stereocenters. The molecule has 2 aromatic rings. The number of fused-ring (bicyclic) bond motifs is 1. The number of aromatic nitrogens is 2. The van der Waals surface area contributed by atoms with Crippen molar-refractivity contribution >= 4 is 22.6 Å². The lowest BCUT2D eigenvalue weighted by molar-refractivity contribution is 0.107. The van der Waals surface area contributed by atoms with Crippen LogP contribution >= 0.6 is 11.6 Å². The van der Waals surface area contributed by atoms with Crippen LogP contribution in [0.4, 0.5) is 0 Å². The minimum absolute atomic E-state index is 0.0831. The molecule has 4 nitrogen and oxygen atoms in total. The Hall–Kier alpha value is -1.26. The third-order valence-electron chi connectivity index (χ3n) is 3.15. The Labute approximate surface area is 103 Å². The van der Waals surface area contributed by atoms with Crippen LogP contribution in [0.5, 0.6) is 0 Å². The van der Waals surface area contributed by atoms with E-state index in [1.807, 2.05) is 18.2 Å². The van der Waals surface area contributed by atoms with Crippen LogP contribution in [0.2, 0.25) is 0 Å². The van der Waals surface area contributed by atoms with E-state index in [0.717, 1.165) is 36.0 Å². The molecule has 0 aliphatic carbocycles. The summed E-state index contributed by atoms with van der Waals surface area (Å²) < 4.78 is 5.57. The van der Waals surface area contributed by atoms with Crippen LogP contribution in [-0.4, -0.2) is 22.7 Å². The molecule has 1 saturated heterocycles. The van der Waals surface area contributed by atoms with Crippen molar-refractivity contribution in [1.29, 1.82) is 0 Å². The average molecular weight is 253 g/mol. The molecule has 2 N–H and O–H groups in total. The number of imidazole rings is 1. The van der Waals surface area contributed by atoms with Crippen molar-refractivity contribution in [1.82, 2.24) is 9.97 Å². The maximum absolute atomic E-state index is 11.2. The van der Waals surface area contributed by atoms with Crippen LogP contribution in [0.25, 0.3) is 11.0 Å². The molecular weight excluding hydrogens is 240 g/mol. The molecule has 90 valence electrons. The number of hydrogen-bond donors (Lipinski definition) is 2. The van der Waals surface area contributed by atoms with Gasteiger partial charge in [0.15, 0.2) is 0 Å². The minimum Gasteiger partial charge on any atom is -0.376 e. The van der Waals surface area contributed by atoms with Crippen molar-refractivity contribution in [2.45, 2.75) is 24.3 Å². The molecule has 2 unspecified atom stereocenters. The van der Waals surface area contributed by atoms with Gasteiger partial charge in [-0.1, -0.05) is 6.07 Å². The van der Waals surface area contributed by atoms with Gasteiger partial charge in [0, 0.05) is 6.61 Å². The Morgan fingerprint density at radius 3 is 2.94 bits per heavy atom. The molecule has 5 heteroatoms. The van der Waals surface area contributed by atoms with Gasteiger partial charge >= 0.3 is 5.69 Å². The quantitative estimate of drug-likeness (QED) is 0.806. The topological polar surface area (TPSA) is 57.9 Å². The third-order valence-corrected chi connectivity index (χ3v) is 3.68. The first-order valence-electron chi connectivity index (χ1n) is 5.72. The Morgan fingerprint density at radius 2 is 2.18 bits per heavy atom. The molecule has 3 rings (SSSR count). The maximum Gasteiger partial charge on any atom is 0.323 e. The predicted molar refractivity (Wildman–Crippen MR) is 66.5 cm³/mol. The Bertz CT molecular complexity index is 583. The zero-order valence-corrected chi connectivity index (χ0v) is 9.96. The normalized spacial score (nSPS) is 22.1. The number of rotatable bonds is 2. The highest BCUT2D eigenvalue weighted by Crippen LogP contribution is 2.32. The second-order valence-electron chi connectivity index (χ2n) is 4.34. The van der Waals surface area contributed by atoms with Gasteiger partial charge in [-0.3, -0.25) is 0 Å². The number of halogens is 1.